The number of aromatic nitrogens is 1. The summed E-state index contributed by atoms with van der Waals surface area (Å²) in [7, 11) is 1.72. The van der Waals surface area contributed by atoms with Gasteiger partial charge in [-0.2, -0.15) is 0 Å². The van der Waals surface area contributed by atoms with Crippen LogP contribution in [0.25, 0.3) is 0 Å². The van der Waals surface area contributed by atoms with Crippen molar-refractivity contribution >= 4 is 17.5 Å². The molecule has 0 saturated heterocycles. The van der Waals surface area contributed by atoms with E-state index >= 15 is 0 Å². The first-order chi connectivity index (χ1) is 10.1. The zero-order chi connectivity index (χ0) is 15.2. The van der Waals surface area contributed by atoms with Gasteiger partial charge in [-0.1, -0.05) is 29.8 Å². The molecule has 0 unspecified atom stereocenters. The molecule has 1 heterocycles. The van der Waals surface area contributed by atoms with Gasteiger partial charge in [0.1, 0.15) is 12.4 Å². The number of carbonyl (C=O) groups is 1. The summed E-state index contributed by atoms with van der Waals surface area (Å²) in [5, 5.41) is 0.356. The second-order valence-electron chi connectivity index (χ2n) is 4.70. The van der Waals surface area contributed by atoms with Gasteiger partial charge in [0.2, 0.25) is 0 Å². The lowest BCUT2D eigenvalue weighted by atomic mass is 10.2. The number of rotatable bonds is 5. The molecule has 1 amide bonds. The Labute approximate surface area is 129 Å². The Morgan fingerprint density at radius 2 is 2.10 bits per heavy atom. The zero-order valence-corrected chi connectivity index (χ0v) is 12.8. The van der Waals surface area contributed by atoms with Crippen LogP contribution in [0.2, 0.25) is 5.02 Å². The van der Waals surface area contributed by atoms with Gasteiger partial charge in [-0.05, 0) is 24.6 Å². The molecule has 2 rings (SSSR count). The molecular formula is C16H17ClN2O2. The van der Waals surface area contributed by atoms with Crippen LogP contribution in [0.15, 0.2) is 42.7 Å². The molecule has 21 heavy (non-hydrogen) atoms. The van der Waals surface area contributed by atoms with Crippen molar-refractivity contribution in [1.29, 1.82) is 0 Å². The van der Waals surface area contributed by atoms with Crippen molar-refractivity contribution < 1.29 is 9.53 Å². The normalized spacial score (nSPS) is 10.2. The maximum Gasteiger partial charge on any atom is 0.255 e. The third kappa shape index (κ3) is 3.95. The van der Waals surface area contributed by atoms with E-state index in [-0.39, 0.29) is 5.91 Å². The number of likely N-dealkylation sites (N-methyl/N-ethyl adjacent to an activating group) is 1. The molecule has 2 aromatic rings. The van der Waals surface area contributed by atoms with Crippen LogP contribution in [0, 0.1) is 6.92 Å². The van der Waals surface area contributed by atoms with E-state index in [1.54, 1.807) is 24.2 Å². The predicted octanol–water partition coefficient (Wildman–Crippen LogP) is 3.19. The highest BCUT2D eigenvalue weighted by atomic mass is 35.5. The molecule has 0 N–H and O–H groups in total. The van der Waals surface area contributed by atoms with Crippen molar-refractivity contribution in [3.63, 3.8) is 0 Å². The summed E-state index contributed by atoms with van der Waals surface area (Å²) in [5.74, 6) is 0.691. The monoisotopic (exact) mass is 304 g/mol. The summed E-state index contributed by atoms with van der Waals surface area (Å²) in [6.45, 7) is 2.89. The van der Waals surface area contributed by atoms with E-state index in [0.29, 0.717) is 23.7 Å². The molecule has 110 valence electrons. The van der Waals surface area contributed by atoms with Crippen molar-refractivity contribution in [2.75, 3.05) is 20.2 Å². The first-order valence-corrected chi connectivity index (χ1v) is 7.01. The third-order valence-corrected chi connectivity index (χ3v) is 3.43. The van der Waals surface area contributed by atoms with E-state index in [4.69, 9.17) is 16.3 Å². The van der Waals surface area contributed by atoms with Crippen LogP contribution in [-0.2, 0) is 0 Å². The van der Waals surface area contributed by atoms with Gasteiger partial charge in [-0.15, -0.1) is 0 Å². The van der Waals surface area contributed by atoms with Crippen LogP contribution < -0.4 is 4.74 Å². The summed E-state index contributed by atoms with van der Waals surface area (Å²) in [6.07, 6.45) is 3.02. The lowest BCUT2D eigenvalue weighted by Crippen LogP contribution is -2.31. The quantitative estimate of drug-likeness (QED) is 0.852. The minimum atomic E-state index is -0.143. The molecule has 0 atom stereocenters. The van der Waals surface area contributed by atoms with Gasteiger partial charge in [-0.3, -0.25) is 9.78 Å². The van der Waals surface area contributed by atoms with Crippen LogP contribution in [0.3, 0.4) is 0 Å². The predicted molar refractivity (Wildman–Crippen MR) is 82.9 cm³/mol. The topological polar surface area (TPSA) is 42.4 Å². The van der Waals surface area contributed by atoms with Gasteiger partial charge in [0, 0.05) is 19.4 Å². The second kappa shape index (κ2) is 7.09. The van der Waals surface area contributed by atoms with Crippen molar-refractivity contribution in [3.8, 4) is 5.75 Å². The average molecular weight is 305 g/mol. The number of ether oxygens (including phenoxy) is 1. The van der Waals surface area contributed by atoms with Gasteiger partial charge < -0.3 is 9.64 Å². The van der Waals surface area contributed by atoms with E-state index < -0.39 is 0 Å². The number of carbonyl (C=O) groups excluding carboxylic acids is 1. The van der Waals surface area contributed by atoms with Crippen LogP contribution >= 0.6 is 11.6 Å². The molecule has 0 radical (unpaired) electrons. The number of nitrogens with zero attached hydrogens (tertiary/aromatic N) is 2. The molecule has 1 aromatic heterocycles. The molecule has 0 aliphatic heterocycles. The lowest BCUT2D eigenvalue weighted by molar-refractivity contribution is 0.0773. The number of pyridine rings is 1. The number of para-hydroxylation sites is 1. The molecule has 4 nitrogen and oxygen atoms in total. The average Bonchev–Trinajstić information content (AvgIpc) is 2.49. The van der Waals surface area contributed by atoms with Crippen LogP contribution in [0.1, 0.15) is 15.9 Å². The fraction of sp³-hybridized carbons (Fsp3) is 0.250. The summed E-state index contributed by atoms with van der Waals surface area (Å²) in [5.41, 5.74) is 1.52. The third-order valence-electron chi connectivity index (χ3n) is 3.13. The number of amides is 1. The van der Waals surface area contributed by atoms with E-state index in [1.165, 1.54) is 6.20 Å². The van der Waals surface area contributed by atoms with Gasteiger partial charge in [-0.25, -0.2) is 0 Å². The Bertz CT molecular complexity index is 631. The van der Waals surface area contributed by atoms with E-state index in [9.17, 15) is 4.79 Å². The molecule has 0 bridgehead atoms. The number of hydrogen-bond acceptors (Lipinski definition) is 3. The molecule has 0 saturated carbocycles. The van der Waals surface area contributed by atoms with Gasteiger partial charge in [0.15, 0.2) is 0 Å². The number of hydrogen-bond donors (Lipinski definition) is 0. The van der Waals surface area contributed by atoms with E-state index in [0.717, 1.165) is 11.3 Å². The Kier molecular flexibility index (Phi) is 5.17. The largest absolute Gasteiger partial charge is 0.491 e. The maximum absolute atomic E-state index is 12.2. The molecule has 5 heteroatoms. The fourth-order valence-corrected chi connectivity index (χ4v) is 2.07. The Morgan fingerprint density at radius 3 is 2.81 bits per heavy atom. The van der Waals surface area contributed by atoms with Crippen LogP contribution in [0.5, 0.6) is 5.75 Å². The zero-order valence-electron chi connectivity index (χ0n) is 12.0. The maximum atomic E-state index is 12.2. The van der Waals surface area contributed by atoms with Gasteiger partial charge in [0.25, 0.3) is 5.91 Å². The minimum Gasteiger partial charge on any atom is -0.491 e. The highest BCUT2D eigenvalue weighted by Crippen LogP contribution is 2.17. The molecule has 0 spiro atoms. The Balaban J connectivity index is 1.90. The minimum absolute atomic E-state index is 0.143. The SMILES string of the molecule is Cc1ccccc1OCCN(C)C(=O)c1ccncc1Cl. The van der Waals surface area contributed by atoms with Crippen LogP contribution in [-0.4, -0.2) is 36.0 Å². The fourth-order valence-electron chi connectivity index (χ4n) is 1.87. The first kappa shape index (κ1) is 15.3. The van der Waals surface area contributed by atoms with Crippen molar-refractivity contribution in [2.45, 2.75) is 6.92 Å². The summed E-state index contributed by atoms with van der Waals surface area (Å²) >= 11 is 5.97. The van der Waals surface area contributed by atoms with Crippen molar-refractivity contribution in [2.24, 2.45) is 0 Å². The Morgan fingerprint density at radius 1 is 1.33 bits per heavy atom. The molecule has 0 fully saturated rings. The van der Waals surface area contributed by atoms with Crippen LogP contribution in [0.4, 0.5) is 0 Å². The molecule has 0 aliphatic carbocycles. The second-order valence-corrected chi connectivity index (χ2v) is 5.10. The summed E-state index contributed by atoms with van der Waals surface area (Å²) in [4.78, 5) is 17.7. The molecule has 1 aromatic carbocycles. The van der Waals surface area contributed by atoms with E-state index in [2.05, 4.69) is 4.98 Å². The first-order valence-electron chi connectivity index (χ1n) is 6.63. The van der Waals surface area contributed by atoms with Gasteiger partial charge in [0.05, 0.1) is 17.1 Å². The van der Waals surface area contributed by atoms with Crippen molar-refractivity contribution in [1.82, 2.24) is 9.88 Å². The summed E-state index contributed by atoms with van der Waals surface area (Å²) < 4.78 is 5.68. The standard InChI is InChI=1S/C16H17ClN2O2/c1-12-5-3-4-6-15(12)21-10-9-19(2)16(20)13-7-8-18-11-14(13)17/h3-8,11H,9-10H2,1-2H3. The number of halogens is 1. The molecule has 0 aliphatic rings. The summed E-state index contributed by atoms with van der Waals surface area (Å²) in [6, 6.07) is 9.40. The highest BCUT2D eigenvalue weighted by Gasteiger charge is 2.14. The highest BCUT2D eigenvalue weighted by molar-refractivity contribution is 6.33. The smallest absolute Gasteiger partial charge is 0.255 e. The lowest BCUT2D eigenvalue weighted by Gasteiger charge is -2.18. The van der Waals surface area contributed by atoms with E-state index in [1.807, 2.05) is 31.2 Å². The van der Waals surface area contributed by atoms with Gasteiger partial charge >= 0.3 is 0 Å². The Hall–Kier alpha value is -2.07. The van der Waals surface area contributed by atoms with Crippen molar-refractivity contribution in [3.05, 3.63) is 58.9 Å². The number of aryl methyl sites for hydroxylation is 1. The molecular weight excluding hydrogens is 288 g/mol. The number of benzene rings is 1.